The van der Waals surface area contributed by atoms with Gasteiger partial charge in [-0.1, -0.05) is 43.6 Å². The first kappa shape index (κ1) is 18.0. The van der Waals surface area contributed by atoms with Gasteiger partial charge in [-0.25, -0.2) is 0 Å². The molecule has 0 aromatic carbocycles. The van der Waals surface area contributed by atoms with Crippen molar-refractivity contribution < 1.29 is 4.79 Å². The Hall–Kier alpha value is 0.150. The first-order valence-electron chi connectivity index (χ1n) is 10.1. The van der Waals surface area contributed by atoms with Crippen LogP contribution >= 0.6 is 15.9 Å². The van der Waals surface area contributed by atoms with Crippen LogP contribution in [0.2, 0.25) is 0 Å². The third-order valence-corrected chi connectivity index (χ3v) is 9.14. The maximum absolute atomic E-state index is 12.4. The molecule has 0 aromatic rings. The fraction of sp³-hybridized carbons (Fsp3) is 0.952. The first-order chi connectivity index (χ1) is 10.9. The molecule has 0 spiro atoms. The van der Waals surface area contributed by atoms with Gasteiger partial charge < -0.3 is 0 Å². The minimum absolute atomic E-state index is 0.0526. The van der Waals surface area contributed by atoms with Crippen LogP contribution in [0.1, 0.15) is 85.5 Å². The summed E-state index contributed by atoms with van der Waals surface area (Å²) in [5.41, 5.74) is 0.622. The van der Waals surface area contributed by atoms with Crippen molar-refractivity contribution in [1.82, 2.24) is 0 Å². The van der Waals surface area contributed by atoms with Crippen LogP contribution < -0.4 is 0 Å². The van der Waals surface area contributed by atoms with Gasteiger partial charge in [0.05, 0.1) is 0 Å². The lowest BCUT2D eigenvalue weighted by atomic mass is 9.45. The maximum atomic E-state index is 12.4. The van der Waals surface area contributed by atoms with Crippen molar-refractivity contribution in [3.63, 3.8) is 0 Å². The van der Waals surface area contributed by atoms with Crippen molar-refractivity contribution >= 4 is 21.7 Å². The van der Waals surface area contributed by atoms with Crippen molar-refractivity contribution in [3.8, 4) is 0 Å². The zero-order valence-corrected chi connectivity index (χ0v) is 17.1. The smallest absolute Gasteiger partial charge is 0.139 e. The lowest BCUT2D eigenvalue weighted by Crippen LogP contribution is -2.53. The second-order valence-electron chi connectivity index (χ2n) is 8.95. The number of rotatable bonds is 0. The number of carbonyl (C=O) groups is 1. The van der Waals surface area contributed by atoms with Gasteiger partial charge in [0.25, 0.3) is 0 Å². The third-order valence-electron chi connectivity index (χ3n) is 8.31. The number of fused-ring (bicyclic) bond motifs is 5. The van der Waals surface area contributed by atoms with E-state index in [4.69, 9.17) is 0 Å². The molecule has 4 aliphatic rings. The fourth-order valence-electron chi connectivity index (χ4n) is 6.98. The van der Waals surface area contributed by atoms with Crippen LogP contribution in [0.3, 0.4) is 0 Å². The lowest BCUT2D eigenvalue weighted by Gasteiger charge is -2.60. The molecule has 0 heterocycles. The highest BCUT2D eigenvalue weighted by molar-refractivity contribution is 9.09. The van der Waals surface area contributed by atoms with Gasteiger partial charge in [0.2, 0.25) is 0 Å². The Labute approximate surface area is 151 Å². The largest absolute Gasteiger partial charge is 0.299 e. The molecule has 132 valence electrons. The van der Waals surface area contributed by atoms with Crippen LogP contribution in [0.4, 0.5) is 0 Å². The molecule has 0 aliphatic heterocycles. The van der Waals surface area contributed by atoms with Gasteiger partial charge in [0.15, 0.2) is 0 Å². The minimum atomic E-state index is 0.0526. The summed E-state index contributed by atoms with van der Waals surface area (Å²) >= 11 is 3.88. The summed E-state index contributed by atoms with van der Waals surface area (Å²) in [5, 5.41) is 0. The molecule has 0 amide bonds. The highest BCUT2D eigenvalue weighted by atomic mass is 79.9. The van der Waals surface area contributed by atoms with Gasteiger partial charge in [0, 0.05) is 16.7 Å². The number of halogens is 1. The van der Waals surface area contributed by atoms with E-state index in [1.807, 2.05) is 13.8 Å². The molecule has 0 N–H and O–H groups in total. The predicted octanol–water partition coefficient (Wildman–Crippen LogP) is 6.39. The van der Waals surface area contributed by atoms with Crippen molar-refractivity contribution in [2.45, 2.75) is 90.3 Å². The number of Topliss-reactive ketones (excluding diaryl/α,β-unsaturated/α-hetero) is 1. The predicted molar refractivity (Wildman–Crippen MR) is 101 cm³/mol. The molecule has 4 fully saturated rings. The molecule has 4 saturated carbocycles. The van der Waals surface area contributed by atoms with E-state index < -0.39 is 0 Å². The van der Waals surface area contributed by atoms with E-state index in [0.717, 1.165) is 29.0 Å². The number of ketones is 1. The second kappa shape index (κ2) is 6.46. The van der Waals surface area contributed by atoms with E-state index in [9.17, 15) is 4.79 Å². The molecule has 1 nitrogen and oxygen atoms in total. The first-order valence-corrected chi connectivity index (χ1v) is 11.0. The van der Waals surface area contributed by atoms with Gasteiger partial charge in [-0.2, -0.15) is 0 Å². The average Bonchev–Trinajstić information content (AvgIpc) is 2.86. The monoisotopic (exact) mass is 382 g/mol. The van der Waals surface area contributed by atoms with Gasteiger partial charge in [-0.05, 0) is 80.5 Å². The van der Waals surface area contributed by atoms with Crippen LogP contribution in [-0.4, -0.2) is 10.6 Å². The average molecular weight is 383 g/mol. The summed E-state index contributed by atoms with van der Waals surface area (Å²) < 4.78 is 0. The highest BCUT2D eigenvalue weighted by Crippen LogP contribution is 2.65. The molecule has 0 radical (unpaired) electrons. The standard InChI is InChI=1S/C19H29BrO.C2H6/c1-18-9-7-13(20)11-12(18)3-4-14-15-5-6-17(21)19(15,2)10-8-16(14)18;1-2/h12-16H,3-11H2,1-2H3;1-2H3. The van der Waals surface area contributed by atoms with E-state index >= 15 is 0 Å². The molecule has 23 heavy (non-hydrogen) atoms. The van der Waals surface area contributed by atoms with E-state index in [1.54, 1.807) is 0 Å². The van der Waals surface area contributed by atoms with Crippen LogP contribution in [0.15, 0.2) is 0 Å². The van der Waals surface area contributed by atoms with Crippen molar-refractivity contribution in [2.75, 3.05) is 0 Å². The number of alkyl halides is 1. The topological polar surface area (TPSA) is 17.1 Å². The minimum Gasteiger partial charge on any atom is -0.299 e. The van der Waals surface area contributed by atoms with Crippen molar-refractivity contribution in [1.29, 1.82) is 0 Å². The number of carbonyl (C=O) groups excluding carboxylic acids is 1. The van der Waals surface area contributed by atoms with E-state index in [0.29, 0.717) is 17.1 Å². The Morgan fingerprint density at radius 1 is 0.957 bits per heavy atom. The Morgan fingerprint density at radius 3 is 2.43 bits per heavy atom. The van der Waals surface area contributed by atoms with E-state index in [2.05, 4.69) is 29.8 Å². The quantitative estimate of drug-likeness (QED) is 0.443. The summed E-state index contributed by atoms with van der Waals surface area (Å²) in [6.45, 7) is 8.90. The zero-order valence-electron chi connectivity index (χ0n) is 15.5. The lowest BCUT2D eigenvalue weighted by molar-refractivity contribution is -0.138. The van der Waals surface area contributed by atoms with Crippen molar-refractivity contribution in [2.24, 2.45) is 34.5 Å². The van der Waals surface area contributed by atoms with Crippen LogP contribution in [0.25, 0.3) is 0 Å². The molecule has 7 atom stereocenters. The van der Waals surface area contributed by atoms with Crippen LogP contribution in [0.5, 0.6) is 0 Å². The molecule has 0 saturated heterocycles. The summed E-state index contributed by atoms with van der Waals surface area (Å²) in [7, 11) is 0. The summed E-state index contributed by atoms with van der Waals surface area (Å²) in [6, 6.07) is 0. The molecule has 0 bridgehead atoms. The van der Waals surface area contributed by atoms with E-state index in [-0.39, 0.29) is 5.41 Å². The van der Waals surface area contributed by atoms with Crippen LogP contribution in [-0.2, 0) is 4.79 Å². The SMILES string of the molecule is CC.CC12CCC3C(CCC4CC(Br)CCC43C)C1CCC2=O. The molecule has 0 aromatic heterocycles. The Balaban J connectivity index is 0.000000753. The number of hydrogen-bond acceptors (Lipinski definition) is 1. The summed E-state index contributed by atoms with van der Waals surface area (Å²) in [5.74, 6) is 3.98. The molecule has 2 heteroatoms. The van der Waals surface area contributed by atoms with Gasteiger partial charge in [-0.3, -0.25) is 4.79 Å². The normalized spacial score (nSPS) is 51.9. The van der Waals surface area contributed by atoms with Gasteiger partial charge in [-0.15, -0.1) is 0 Å². The van der Waals surface area contributed by atoms with E-state index in [1.165, 1.54) is 51.4 Å². The van der Waals surface area contributed by atoms with Crippen molar-refractivity contribution in [3.05, 3.63) is 0 Å². The van der Waals surface area contributed by atoms with Gasteiger partial charge in [0.1, 0.15) is 5.78 Å². The number of hydrogen-bond donors (Lipinski definition) is 0. The Kier molecular flexibility index (Phi) is 5.05. The fourth-order valence-corrected chi connectivity index (χ4v) is 7.66. The zero-order chi connectivity index (χ0) is 16.8. The third kappa shape index (κ3) is 2.66. The summed E-state index contributed by atoms with van der Waals surface area (Å²) in [4.78, 5) is 13.2. The molecule has 7 unspecified atom stereocenters. The Morgan fingerprint density at radius 2 is 1.70 bits per heavy atom. The van der Waals surface area contributed by atoms with Gasteiger partial charge >= 0.3 is 0 Å². The maximum Gasteiger partial charge on any atom is 0.139 e. The molecular weight excluding hydrogens is 348 g/mol. The highest BCUT2D eigenvalue weighted by Gasteiger charge is 2.59. The molecule has 4 aliphatic carbocycles. The second-order valence-corrected chi connectivity index (χ2v) is 10.2. The molecular formula is C21H35BrO. The summed E-state index contributed by atoms with van der Waals surface area (Å²) in [6.07, 6.45) is 11.5. The van der Waals surface area contributed by atoms with Crippen LogP contribution in [0, 0.1) is 34.5 Å². The molecule has 4 rings (SSSR count). The Bertz CT molecular complexity index is 461.